The number of carboxylic acid groups (broad SMARTS) is 1. The first kappa shape index (κ1) is 18.3. The smallest absolute Gasteiger partial charge is 0.303 e. The van der Waals surface area contributed by atoms with E-state index in [1.165, 1.54) is 0 Å². The number of hydrogen-bond donors (Lipinski definition) is 2. The molecule has 0 aliphatic carbocycles. The zero-order chi connectivity index (χ0) is 18.5. The molecule has 0 radical (unpaired) electrons. The zero-order valence-electron chi connectivity index (χ0n) is 14.1. The molecule has 0 saturated carbocycles. The second-order valence-electron chi connectivity index (χ2n) is 6.13. The van der Waals surface area contributed by atoms with Gasteiger partial charge in [-0.1, -0.05) is 36.0 Å². The Morgan fingerprint density at radius 2 is 1.88 bits per heavy atom. The largest absolute Gasteiger partial charge is 0.494 e. The van der Waals surface area contributed by atoms with Crippen LogP contribution in [0.4, 0.5) is 4.79 Å². The topological polar surface area (TPSA) is 92.7 Å². The Hall–Kier alpha value is -2.54. The molecule has 7 heteroatoms. The van der Waals surface area contributed by atoms with E-state index < -0.39 is 5.97 Å². The van der Waals surface area contributed by atoms with Crippen LogP contribution in [0.3, 0.4) is 0 Å². The van der Waals surface area contributed by atoms with Gasteiger partial charge in [0, 0.05) is 6.42 Å². The maximum Gasteiger partial charge on any atom is 0.303 e. The fourth-order valence-electron chi connectivity index (χ4n) is 2.80. The number of unbranched alkanes of at least 4 members (excludes halogenated alkanes) is 1. The molecule has 0 bridgehead atoms. The molecule has 6 nitrogen and oxygen atoms in total. The van der Waals surface area contributed by atoms with Crippen molar-refractivity contribution in [2.75, 3.05) is 6.61 Å². The lowest BCUT2D eigenvalue weighted by Crippen LogP contribution is -2.25. The van der Waals surface area contributed by atoms with Crippen LogP contribution < -0.4 is 10.1 Å². The molecular weight excluding hydrogens is 354 g/mol. The molecule has 2 aromatic carbocycles. The normalized spacial score (nSPS) is 16.7. The van der Waals surface area contributed by atoms with Crippen LogP contribution in [0.15, 0.2) is 36.4 Å². The number of thioether (sulfide) groups is 1. The highest BCUT2D eigenvalue weighted by Gasteiger charge is 2.31. The van der Waals surface area contributed by atoms with Crippen LogP contribution in [-0.4, -0.2) is 34.1 Å². The summed E-state index contributed by atoms with van der Waals surface area (Å²) in [6.45, 7) is 0.485. The highest BCUT2D eigenvalue weighted by Crippen LogP contribution is 2.26. The first-order valence-electron chi connectivity index (χ1n) is 8.40. The number of imide groups is 1. The van der Waals surface area contributed by atoms with Crippen molar-refractivity contribution in [2.45, 2.75) is 30.9 Å². The molecule has 1 heterocycles. The summed E-state index contributed by atoms with van der Waals surface area (Å²) in [5, 5.41) is 12.3. The van der Waals surface area contributed by atoms with E-state index in [0.29, 0.717) is 25.9 Å². The van der Waals surface area contributed by atoms with E-state index >= 15 is 0 Å². The summed E-state index contributed by atoms with van der Waals surface area (Å²) in [7, 11) is 0. The lowest BCUT2D eigenvalue weighted by molar-refractivity contribution is -0.137. The Labute approximate surface area is 154 Å². The van der Waals surface area contributed by atoms with Gasteiger partial charge in [0.05, 0.1) is 11.9 Å². The summed E-state index contributed by atoms with van der Waals surface area (Å²) in [6.07, 6.45) is 1.97. The Balaban J connectivity index is 1.60. The van der Waals surface area contributed by atoms with Crippen molar-refractivity contribution in [3.05, 3.63) is 42.0 Å². The molecule has 1 aliphatic heterocycles. The average Bonchev–Trinajstić information content (AvgIpc) is 2.91. The Morgan fingerprint density at radius 3 is 2.62 bits per heavy atom. The fourth-order valence-corrected chi connectivity index (χ4v) is 3.66. The van der Waals surface area contributed by atoms with Crippen molar-refractivity contribution < 1.29 is 24.2 Å². The third-order valence-electron chi connectivity index (χ3n) is 4.12. The predicted molar refractivity (Wildman–Crippen MR) is 99.6 cm³/mol. The van der Waals surface area contributed by atoms with Crippen molar-refractivity contribution in [2.24, 2.45) is 0 Å². The number of amides is 2. The number of rotatable bonds is 8. The van der Waals surface area contributed by atoms with Gasteiger partial charge in [0.15, 0.2) is 0 Å². The Morgan fingerprint density at radius 1 is 1.12 bits per heavy atom. The van der Waals surface area contributed by atoms with Gasteiger partial charge in [-0.3, -0.25) is 19.7 Å². The Kier molecular flexibility index (Phi) is 5.78. The number of carbonyl (C=O) groups is 3. The minimum absolute atomic E-state index is 0.159. The van der Waals surface area contributed by atoms with E-state index in [9.17, 15) is 14.4 Å². The summed E-state index contributed by atoms with van der Waals surface area (Å²) in [4.78, 5) is 33.4. The number of fused-ring (bicyclic) bond motifs is 1. The molecule has 2 N–H and O–H groups in total. The summed E-state index contributed by atoms with van der Waals surface area (Å²) in [5.74, 6) is -0.270. The van der Waals surface area contributed by atoms with Gasteiger partial charge in [0.1, 0.15) is 5.75 Å². The van der Waals surface area contributed by atoms with Crippen molar-refractivity contribution in [1.29, 1.82) is 0 Å². The van der Waals surface area contributed by atoms with E-state index in [0.717, 1.165) is 33.8 Å². The number of hydrogen-bond acceptors (Lipinski definition) is 5. The number of ether oxygens (including phenoxy) is 1. The molecule has 0 aromatic heterocycles. The number of carboxylic acids is 1. The maximum atomic E-state index is 11.7. The van der Waals surface area contributed by atoms with E-state index in [-0.39, 0.29) is 22.8 Å². The second-order valence-corrected chi connectivity index (χ2v) is 7.31. The molecule has 2 aromatic rings. The molecule has 1 atom stereocenters. The zero-order valence-corrected chi connectivity index (χ0v) is 14.9. The highest BCUT2D eigenvalue weighted by atomic mass is 32.2. The van der Waals surface area contributed by atoms with Crippen molar-refractivity contribution in [3.8, 4) is 5.75 Å². The Bertz CT molecular complexity index is 851. The van der Waals surface area contributed by atoms with E-state index in [4.69, 9.17) is 9.84 Å². The first-order valence-corrected chi connectivity index (χ1v) is 9.28. The van der Waals surface area contributed by atoms with E-state index in [2.05, 4.69) is 5.32 Å². The minimum atomic E-state index is -0.788. The number of nitrogens with one attached hydrogen (secondary N) is 1. The van der Waals surface area contributed by atoms with Gasteiger partial charge in [-0.15, -0.1) is 0 Å². The lowest BCUT2D eigenvalue weighted by Gasteiger charge is -2.09. The molecular formula is C19H19NO5S. The van der Waals surface area contributed by atoms with Crippen molar-refractivity contribution in [3.63, 3.8) is 0 Å². The number of carbonyl (C=O) groups excluding carboxylic acids is 2. The number of benzene rings is 2. The van der Waals surface area contributed by atoms with Gasteiger partial charge in [0.2, 0.25) is 5.91 Å². The van der Waals surface area contributed by atoms with Crippen LogP contribution in [0.5, 0.6) is 5.75 Å². The molecule has 26 heavy (non-hydrogen) atoms. The summed E-state index contributed by atoms with van der Waals surface area (Å²) >= 11 is 1.03. The maximum absolute atomic E-state index is 11.7. The summed E-state index contributed by atoms with van der Waals surface area (Å²) in [5.41, 5.74) is 1.00. The summed E-state index contributed by atoms with van der Waals surface area (Å²) in [6, 6.07) is 11.7. The van der Waals surface area contributed by atoms with Crippen LogP contribution >= 0.6 is 11.8 Å². The van der Waals surface area contributed by atoms with Crippen LogP contribution in [-0.2, 0) is 16.0 Å². The molecule has 1 unspecified atom stereocenters. The van der Waals surface area contributed by atoms with Gasteiger partial charge >= 0.3 is 5.97 Å². The van der Waals surface area contributed by atoms with E-state index in [1.54, 1.807) is 0 Å². The van der Waals surface area contributed by atoms with Gasteiger partial charge in [-0.2, -0.15) is 0 Å². The molecule has 136 valence electrons. The van der Waals surface area contributed by atoms with E-state index in [1.807, 2.05) is 36.4 Å². The summed E-state index contributed by atoms with van der Waals surface area (Å²) < 4.78 is 5.67. The molecule has 2 amide bonds. The standard InChI is InChI=1S/C19H19NO5S/c21-17(22)3-1-2-8-25-15-7-6-13-9-12(4-5-14(13)11-15)10-16-18(23)20-19(24)26-16/h4-7,9,11,16H,1-3,8,10H2,(H,21,22)(H,20,23,24). The molecule has 0 spiro atoms. The monoisotopic (exact) mass is 373 g/mol. The van der Waals surface area contributed by atoms with Gasteiger partial charge < -0.3 is 9.84 Å². The first-order chi connectivity index (χ1) is 12.5. The van der Waals surface area contributed by atoms with Crippen LogP contribution in [0.1, 0.15) is 24.8 Å². The van der Waals surface area contributed by atoms with Gasteiger partial charge in [-0.05, 0) is 47.7 Å². The molecule has 1 saturated heterocycles. The SMILES string of the molecule is O=C(O)CCCCOc1ccc2cc(CC3SC(=O)NC3=O)ccc2c1. The van der Waals surface area contributed by atoms with Crippen LogP contribution in [0.25, 0.3) is 10.8 Å². The van der Waals surface area contributed by atoms with Gasteiger partial charge in [-0.25, -0.2) is 0 Å². The number of aliphatic carboxylic acids is 1. The molecule has 3 rings (SSSR count). The lowest BCUT2D eigenvalue weighted by atomic mass is 10.0. The predicted octanol–water partition coefficient (Wildman–Crippen LogP) is 3.37. The van der Waals surface area contributed by atoms with Crippen LogP contribution in [0, 0.1) is 0 Å². The highest BCUT2D eigenvalue weighted by molar-refractivity contribution is 8.15. The van der Waals surface area contributed by atoms with Gasteiger partial charge in [0.25, 0.3) is 5.24 Å². The molecule has 1 fully saturated rings. The fraction of sp³-hybridized carbons (Fsp3) is 0.316. The van der Waals surface area contributed by atoms with Crippen molar-refractivity contribution >= 4 is 39.7 Å². The van der Waals surface area contributed by atoms with Crippen LogP contribution in [0.2, 0.25) is 0 Å². The molecule has 1 aliphatic rings. The third-order valence-corrected chi connectivity index (χ3v) is 5.10. The average molecular weight is 373 g/mol. The third kappa shape index (κ3) is 4.76. The minimum Gasteiger partial charge on any atom is -0.494 e. The second kappa shape index (κ2) is 8.23. The quantitative estimate of drug-likeness (QED) is 0.689. The van der Waals surface area contributed by atoms with Crippen molar-refractivity contribution in [1.82, 2.24) is 5.32 Å².